The summed E-state index contributed by atoms with van der Waals surface area (Å²) in [5, 5.41) is 19.9. The third kappa shape index (κ3) is 4.64. The third-order valence-corrected chi connectivity index (χ3v) is 6.05. The van der Waals surface area contributed by atoms with E-state index in [-0.39, 0.29) is 12.5 Å². The number of rotatable bonds is 9. The normalized spacial score (nSPS) is 10.8. The van der Waals surface area contributed by atoms with Gasteiger partial charge in [-0.05, 0) is 57.3 Å². The van der Waals surface area contributed by atoms with Gasteiger partial charge in [0.25, 0.3) is 0 Å². The number of benzene rings is 2. The van der Waals surface area contributed by atoms with Gasteiger partial charge in [-0.2, -0.15) is 9.78 Å². The molecule has 0 unspecified atom stereocenters. The number of nitrogens with zero attached hydrogens (tertiary/aromatic N) is 5. The van der Waals surface area contributed by atoms with E-state index in [0.29, 0.717) is 38.9 Å². The van der Waals surface area contributed by atoms with Crippen molar-refractivity contribution in [1.82, 2.24) is 19.6 Å². The molecule has 12 heteroatoms. The number of methoxy groups -OCH3 is 4. The number of hydrogen-bond donors (Lipinski definition) is 0. The standard InChI is InChI=1S/C23H22BrN5O6/c1-32-16-7-5-14(11-18(16)34-3)22-21(24)23(15-6-8-17(33-2)19(12-15)35-4)28(26-22)13-27-10-9-20(25-27)29(30)31/h5-12H,13H2,1-4H3. The highest BCUT2D eigenvalue weighted by atomic mass is 79.9. The largest absolute Gasteiger partial charge is 0.493 e. The Hall–Kier alpha value is -4.06. The smallest absolute Gasteiger partial charge is 0.389 e. The molecular formula is C23H22BrN5O6. The molecule has 0 aliphatic rings. The first-order valence-corrected chi connectivity index (χ1v) is 11.1. The van der Waals surface area contributed by atoms with Crippen LogP contribution in [0.1, 0.15) is 0 Å². The fourth-order valence-electron chi connectivity index (χ4n) is 3.63. The molecule has 0 spiro atoms. The number of hydrogen-bond acceptors (Lipinski definition) is 8. The van der Waals surface area contributed by atoms with Crippen molar-refractivity contribution in [2.75, 3.05) is 28.4 Å². The van der Waals surface area contributed by atoms with Gasteiger partial charge in [-0.25, -0.2) is 4.68 Å². The Morgan fingerprint density at radius 3 is 1.97 bits per heavy atom. The van der Waals surface area contributed by atoms with Gasteiger partial charge in [-0.3, -0.25) is 0 Å². The Kier molecular flexibility index (Phi) is 6.92. The Bertz CT molecular complexity index is 1380. The maximum absolute atomic E-state index is 11.1. The van der Waals surface area contributed by atoms with Gasteiger partial charge in [0.05, 0.1) is 56.0 Å². The van der Waals surface area contributed by atoms with Crippen molar-refractivity contribution < 1.29 is 23.9 Å². The minimum absolute atomic E-state index is 0.128. The van der Waals surface area contributed by atoms with Gasteiger partial charge in [0.1, 0.15) is 5.69 Å². The van der Waals surface area contributed by atoms with Crippen LogP contribution in [-0.2, 0) is 6.67 Å². The molecule has 4 rings (SSSR count). The summed E-state index contributed by atoms with van der Waals surface area (Å²) in [6.45, 7) is 0.128. The third-order valence-electron chi connectivity index (χ3n) is 5.30. The van der Waals surface area contributed by atoms with Crippen LogP contribution in [0.5, 0.6) is 23.0 Å². The minimum Gasteiger partial charge on any atom is -0.493 e. The monoisotopic (exact) mass is 543 g/mol. The lowest BCUT2D eigenvalue weighted by Gasteiger charge is -2.11. The van der Waals surface area contributed by atoms with E-state index in [1.165, 1.54) is 16.9 Å². The molecule has 0 radical (unpaired) electrons. The Labute approximate surface area is 209 Å². The summed E-state index contributed by atoms with van der Waals surface area (Å²) < 4.78 is 25.5. The summed E-state index contributed by atoms with van der Waals surface area (Å²) in [6, 6.07) is 12.3. The van der Waals surface area contributed by atoms with Crippen molar-refractivity contribution in [3.8, 4) is 45.5 Å². The molecule has 35 heavy (non-hydrogen) atoms. The first-order valence-electron chi connectivity index (χ1n) is 10.3. The molecule has 0 saturated heterocycles. The SMILES string of the molecule is COc1ccc(-c2nn(Cn3ccc([N+](=O)[O-])n3)c(-c3ccc(OC)c(OC)c3)c2Br)cc1OC. The van der Waals surface area contributed by atoms with Gasteiger partial charge in [0.2, 0.25) is 0 Å². The van der Waals surface area contributed by atoms with Crippen LogP contribution in [0.2, 0.25) is 0 Å². The zero-order valence-corrected chi connectivity index (χ0v) is 21.0. The highest BCUT2D eigenvalue weighted by Gasteiger charge is 2.23. The molecule has 0 N–H and O–H groups in total. The van der Waals surface area contributed by atoms with Gasteiger partial charge in [0.15, 0.2) is 29.7 Å². The van der Waals surface area contributed by atoms with E-state index in [9.17, 15) is 10.1 Å². The molecule has 2 heterocycles. The van der Waals surface area contributed by atoms with Crippen LogP contribution in [0.25, 0.3) is 22.5 Å². The van der Waals surface area contributed by atoms with Crippen molar-refractivity contribution >= 4 is 21.7 Å². The number of aromatic nitrogens is 4. The molecular weight excluding hydrogens is 522 g/mol. The minimum atomic E-state index is -0.542. The van der Waals surface area contributed by atoms with Gasteiger partial charge < -0.3 is 29.1 Å². The van der Waals surface area contributed by atoms with E-state index in [1.54, 1.807) is 45.3 Å². The number of nitro groups is 1. The second-order valence-electron chi connectivity index (χ2n) is 7.26. The molecule has 0 aliphatic carbocycles. The van der Waals surface area contributed by atoms with Crippen LogP contribution in [0.4, 0.5) is 5.82 Å². The van der Waals surface area contributed by atoms with Crippen LogP contribution in [0.3, 0.4) is 0 Å². The van der Waals surface area contributed by atoms with Crippen LogP contribution < -0.4 is 18.9 Å². The molecule has 2 aromatic heterocycles. The van der Waals surface area contributed by atoms with Crippen LogP contribution >= 0.6 is 15.9 Å². The molecule has 2 aromatic carbocycles. The molecule has 0 aliphatic heterocycles. The highest BCUT2D eigenvalue weighted by molar-refractivity contribution is 9.10. The molecule has 0 bridgehead atoms. The van der Waals surface area contributed by atoms with Crippen LogP contribution in [0, 0.1) is 10.1 Å². The van der Waals surface area contributed by atoms with Gasteiger partial charge in [-0.15, -0.1) is 0 Å². The first kappa shape index (κ1) is 24.1. The Morgan fingerprint density at radius 2 is 1.43 bits per heavy atom. The number of ether oxygens (including phenoxy) is 4. The molecule has 0 saturated carbocycles. The predicted octanol–water partition coefficient (Wildman–Crippen LogP) is 4.62. The lowest BCUT2D eigenvalue weighted by Crippen LogP contribution is -2.12. The van der Waals surface area contributed by atoms with Gasteiger partial charge >= 0.3 is 5.82 Å². The molecule has 0 atom stereocenters. The Morgan fingerprint density at radius 1 is 0.857 bits per heavy atom. The topological polar surface area (TPSA) is 116 Å². The van der Waals surface area contributed by atoms with E-state index >= 15 is 0 Å². The zero-order chi connectivity index (χ0) is 25.1. The quantitative estimate of drug-likeness (QED) is 0.221. The van der Waals surface area contributed by atoms with E-state index in [4.69, 9.17) is 24.0 Å². The highest BCUT2D eigenvalue weighted by Crippen LogP contribution is 2.41. The lowest BCUT2D eigenvalue weighted by molar-refractivity contribution is -0.389. The first-order chi connectivity index (χ1) is 16.9. The van der Waals surface area contributed by atoms with Crippen molar-refractivity contribution in [2.45, 2.75) is 6.67 Å². The zero-order valence-electron chi connectivity index (χ0n) is 19.4. The second kappa shape index (κ2) is 10.1. The lowest BCUT2D eigenvalue weighted by atomic mass is 10.1. The predicted molar refractivity (Wildman–Crippen MR) is 131 cm³/mol. The average molecular weight is 544 g/mol. The van der Waals surface area contributed by atoms with Gasteiger partial charge in [-0.1, -0.05) is 0 Å². The van der Waals surface area contributed by atoms with Crippen LogP contribution in [-0.4, -0.2) is 52.9 Å². The summed E-state index contributed by atoms with van der Waals surface area (Å²) in [4.78, 5) is 10.6. The van der Waals surface area contributed by atoms with Crippen molar-refractivity contribution in [3.63, 3.8) is 0 Å². The summed E-state index contributed by atoms with van der Waals surface area (Å²) in [6.07, 6.45) is 1.53. The average Bonchev–Trinajstić information content (AvgIpc) is 3.47. The molecule has 4 aromatic rings. The summed E-state index contributed by atoms with van der Waals surface area (Å²) in [7, 11) is 6.26. The van der Waals surface area contributed by atoms with Crippen molar-refractivity contribution in [1.29, 1.82) is 0 Å². The number of halogens is 1. The molecule has 11 nitrogen and oxygen atoms in total. The van der Waals surface area contributed by atoms with Crippen molar-refractivity contribution in [2.24, 2.45) is 0 Å². The van der Waals surface area contributed by atoms with Crippen LogP contribution in [0.15, 0.2) is 53.1 Å². The summed E-state index contributed by atoms with van der Waals surface area (Å²) >= 11 is 3.72. The maximum Gasteiger partial charge on any atom is 0.389 e. The van der Waals surface area contributed by atoms with E-state index in [2.05, 4.69) is 21.0 Å². The van der Waals surface area contributed by atoms with E-state index < -0.39 is 4.92 Å². The van der Waals surface area contributed by atoms with Gasteiger partial charge in [0, 0.05) is 11.1 Å². The molecule has 0 fully saturated rings. The Balaban J connectivity index is 1.88. The second-order valence-corrected chi connectivity index (χ2v) is 8.06. The fourth-order valence-corrected chi connectivity index (χ4v) is 4.38. The summed E-state index contributed by atoms with van der Waals surface area (Å²) in [5.74, 6) is 2.04. The summed E-state index contributed by atoms with van der Waals surface area (Å²) in [5.41, 5.74) is 2.92. The molecule has 0 amide bonds. The van der Waals surface area contributed by atoms with Crippen molar-refractivity contribution in [3.05, 3.63) is 63.2 Å². The van der Waals surface area contributed by atoms with E-state index in [0.717, 1.165) is 11.1 Å². The maximum atomic E-state index is 11.1. The molecule has 182 valence electrons. The van der Waals surface area contributed by atoms with E-state index in [1.807, 2.05) is 24.3 Å². The fraction of sp³-hybridized carbons (Fsp3) is 0.217.